The maximum atomic E-state index is 11.5. The maximum absolute atomic E-state index is 11.5. The Morgan fingerprint density at radius 2 is 1.86 bits per heavy atom. The minimum atomic E-state index is -0.448. The van der Waals surface area contributed by atoms with Crippen LogP contribution < -0.4 is 21.3 Å². The molecule has 0 atom stereocenters. The molecule has 0 bridgehead atoms. The molecule has 0 radical (unpaired) electrons. The van der Waals surface area contributed by atoms with Crippen molar-refractivity contribution in [3.63, 3.8) is 0 Å². The van der Waals surface area contributed by atoms with E-state index in [4.69, 9.17) is 10.5 Å². The monoisotopic (exact) mass is 395 g/mol. The van der Waals surface area contributed by atoms with E-state index in [2.05, 4.69) is 32.7 Å². The molecule has 1 aromatic carbocycles. The van der Waals surface area contributed by atoms with Crippen LogP contribution >= 0.6 is 11.3 Å². The summed E-state index contributed by atoms with van der Waals surface area (Å²) in [6.07, 6.45) is 1.71. The van der Waals surface area contributed by atoms with Crippen molar-refractivity contribution in [3.8, 4) is 0 Å². The van der Waals surface area contributed by atoms with Crippen LogP contribution in [-0.4, -0.2) is 37.2 Å². The van der Waals surface area contributed by atoms with E-state index in [9.17, 15) is 4.79 Å². The average molecular weight is 395 g/mol. The fraction of sp³-hybridized carbons (Fsp3) is 0.200. The fourth-order valence-corrected chi connectivity index (χ4v) is 3.85. The zero-order valence-corrected chi connectivity index (χ0v) is 16.0. The Morgan fingerprint density at radius 1 is 1.07 bits per heavy atom. The van der Waals surface area contributed by atoms with Gasteiger partial charge in [-0.1, -0.05) is 0 Å². The molecule has 4 N–H and O–H groups in total. The van der Waals surface area contributed by atoms with Crippen molar-refractivity contribution in [3.05, 3.63) is 59.6 Å². The van der Waals surface area contributed by atoms with E-state index in [1.165, 1.54) is 17.0 Å². The van der Waals surface area contributed by atoms with E-state index >= 15 is 0 Å². The molecule has 0 aliphatic carbocycles. The molecule has 0 saturated carbocycles. The highest BCUT2D eigenvalue weighted by atomic mass is 32.1. The van der Waals surface area contributed by atoms with Gasteiger partial charge in [0.1, 0.15) is 10.8 Å². The van der Waals surface area contributed by atoms with Gasteiger partial charge >= 0.3 is 0 Å². The quantitative estimate of drug-likeness (QED) is 0.591. The van der Waals surface area contributed by atoms with Crippen LogP contribution in [0.3, 0.4) is 0 Å². The second-order valence-corrected chi connectivity index (χ2v) is 7.27. The van der Waals surface area contributed by atoms with Gasteiger partial charge in [0.05, 0.1) is 18.8 Å². The lowest BCUT2D eigenvalue weighted by Gasteiger charge is -2.28. The highest BCUT2D eigenvalue weighted by Crippen LogP contribution is 2.28. The molecule has 144 valence electrons. The van der Waals surface area contributed by atoms with Crippen molar-refractivity contribution >= 4 is 45.1 Å². The first kappa shape index (κ1) is 18.3. The summed E-state index contributed by atoms with van der Waals surface area (Å²) < 4.78 is 5.40. The molecule has 4 rings (SSSR count). The Balaban J connectivity index is 1.44. The molecule has 3 heterocycles. The van der Waals surface area contributed by atoms with Crippen molar-refractivity contribution in [2.24, 2.45) is 5.73 Å². The zero-order chi connectivity index (χ0) is 19.3. The van der Waals surface area contributed by atoms with Crippen LogP contribution in [0.2, 0.25) is 0 Å². The molecule has 1 saturated heterocycles. The summed E-state index contributed by atoms with van der Waals surface area (Å²) in [6.45, 7) is 3.37. The number of primary amides is 1. The standard InChI is InChI=1S/C20H21N5O2S/c21-19(26)17-6-12-28-20(17)24-15-5-7-22-18(13-15)23-14-1-3-16(4-2-14)25-8-10-27-11-9-25/h1-7,12-13H,8-11H2,(H2,21,26)(H2,22,23,24). The molecule has 2 aromatic heterocycles. The van der Waals surface area contributed by atoms with Crippen LogP contribution in [0.25, 0.3) is 0 Å². The van der Waals surface area contributed by atoms with Crippen LogP contribution in [0.4, 0.5) is 27.9 Å². The van der Waals surface area contributed by atoms with Crippen LogP contribution in [0, 0.1) is 0 Å². The summed E-state index contributed by atoms with van der Waals surface area (Å²) in [7, 11) is 0. The zero-order valence-electron chi connectivity index (χ0n) is 15.2. The molecule has 1 aliphatic heterocycles. The lowest BCUT2D eigenvalue weighted by atomic mass is 10.2. The van der Waals surface area contributed by atoms with Crippen LogP contribution in [0.15, 0.2) is 54.0 Å². The molecule has 0 unspecified atom stereocenters. The summed E-state index contributed by atoms with van der Waals surface area (Å²) in [6, 6.07) is 13.7. The van der Waals surface area contributed by atoms with Gasteiger partial charge in [0, 0.05) is 42.4 Å². The second-order valence-electron chi connectivity index (χ2n) is 6.35. The van der Waals surface area contributed by atoms with Gasteiger partial charge in [-0.2, -0.15) is 0 Å². The summed E-state index contributed by atoms with van der Waals surface area (Å²) in [5.41, 5.74) is 8.85. The number of nitrogens with two attached hydrogens (primary N) is 1. The first-order valence-corrected chi connectivity index (χ1v) is 9.87. The van der Waals surface area contributed by atoms with Crippen LogP contribution in [0.5, 0.6) is 0 Å². The highest BCUT2D eigenvalue weighted by Gasteiger charge is 2.12. The lowest BCUT2D eigenvalue weighted by molar-refractivity contribution is 0.100. The number of anilines is 5. The van der Waals surface area contributed by atoms with E-state index in [0.29, 0.717) is 11.4 Å². The largest absolute Gasteiger partial charge is 0.378 e. The van der Waals surface area contributed by atoms with Gasteiger partial charge in [-0.25, -0.2) is 4.98 Å². The smallest absolute Gasteiger partial charge is 0.251 e. The number of morpholine rings is 1. The lowest BCUT2D eigenvalue weighted by Crippen LogP contribution is -2.36. The van der Waals surface area contributed by atoms with E-state index in [0.717, 1.165) is 42.7 Å². The number of carbonyl (C=O) groups is 1. The molecule has 1 fully saturated rings. The number of hydrogen-bond donors (Lipinski definition) is 3. The van der Waals surface area contributed by atoms with Gasteiger partial charge in [-0.15, -0.1) is 11.3 Å². The predicted molar refractivity (Wildman–Crippen MR) is 113 cm³/mol. The van der Waals surface area contributed by atoms with Crippen molar-refractivity contribution in [2.75, 3.05) is 41.8 Å². The molecule has 3 aromatic rings. The Hall–Kier alpha value is -3.10. The number of amides is 1. The van der Waals surface area contributed by atoms with Gasteiger partial charge in [0.25, 0.3) is 5.91 Å². The van der Waals surface area contributed by atoms with Crippen molar-refractivity contribution in [2.45, 2.75) is 0 Å². The molecule has 0 spiro atoms. The van der Waals surface area contributed by atoms with E-state index in [1.54, 1.807) is 12.3 Å². The van der Waals surface area contributed by atoms with Gasteiger partial charge in [0.15, 0.2) is 0 Å². The third-order valence-corrected chi connectivity index (χ3v) is 5.29. The normalized spacial score (nSPS) is 13.9. The number of rotatable bonds is 6. The molecule has 7 nitrogen and oxygen atoms in total. The number of benzene rings is 1. The summed E-state index contributed by atoms with van der Waals surface area (Å²) >= 11 is 1.43. The van der Waals surface area contributed by atoms with Crippen LogP contribution in [-0.2, 0) is 4.74 Å². The number of thiophene rings is 1. The average Bonchev–Trinajstić information content (AvgIpc) is 3.18. The predicted octanol–water partition coefficient (Wildman–Crippen LogP) is 3.57. The van der Waals surface area contributed by atoms with Crippen molar-refractivity contribution in [1.82, 2.24) is 4.98 Å². The molecule has 1 aliphatic rings. The Morgan fingerprint density at radius 3 is 2.61 bits per heavy atom. The minimum absolute atomic E-state index is 0.448. The summed E-state index contributed by atoms with van der Waals surface area (Å²) in [5, 5.41) is 9.09. The topological polar surface area (TPSA) is 92.5 Å². The third-order valence-electron chi connectivity index (χ3n) is 4.46. The van der Waals surface area contributed by atoms with Crippen molar-refractivity contribution < 1.29 is 9.53 Å². The van der Waals surface area contributed by atoms with Gasteiger partial charge < -0.3 is 26.0 Å². The molecule has 28 heavy (non-hydrogen) atoms. The number of nitrogens with one attached hydrogen (secondary N) is 2. The summed E-state index contributed by atoms with van der Waals surface area (Å²) in [5.74, 6) is 0.262. The SMILES string of the molecule is NC(=O)c1ccsc1Nc1ccnc(Nc2ccc(N3CCOCC3)cc2)c1. The molecular formula is C20H21N5O2S. The number of aromatic nitrogens is 1. The minimum Gasteiger partial charge on any atom is -0.378 e. The first-order valence-electron chi connectivity index (χ1n) is 8.99. The van der Waals surface area contributed by atoms with Gasteiger partial charge in [-0.05, 0) is 41.8 Å². The number of carbonyl (C=O) groups excluding carboxylic acids is 1. The van der Waals surface area contributed by atoms with E-state index < -0.39 is 5.91 Å². The number of ether oxygens (including phenoxy) is 1. The van der Waals surface area contributed by atoms with Crippen LogP contribution in [0.1, 0.15) is 10.4 Å². The Bertz CT molecular complexity index is 951. The number of nitrogens with zero attached hydrogens (tertiary/aromatic N) is 2. The maximum Gasteiger partial charge on any atom is 0.251 e. The van der Waals surface area contributed by atoms with Crippen molar-refractivity contribution in [1.29, 1.82) is 0 Å². The molecule has 8 heteroatoms. The summed E-state index contributed by atoms with van der Waals surface area (Å²) in [4.78, 5) is 18.2. The van der Waals surface area contributed by atoms with E-state index in [-0.39, 0.29) is 0 Å². The molecular weight excluding hydrogens is 374 g/mol. The van der Waals surface area contributed by atoms with Gasteiger partial charge in [0.2, 0.25) is 0 Å². The number of pyridine rings is 1. The molecule has 1 amide bonds. The van der Waals surface area contributed by atoms with Gasteiger partial charge in [-0.3, -0.25) is 4.79 Å². The highest BCUT2D eigenvalue weighted by molar-refractivity contribution is 7.14. The van der Waals surface area contributed by atoms with E-state index in [1.807, 2.05) is 29.6 Å². The number of hydrogen-bond acceptors (Lipinski definition) is 7. The third kappa shape index (κ3) is 4.24. The Kier molecular flexibility index (Phi) is 5.41. The second kappa shape index (κ2) is 8.28. The first-order chi connectivity index (χ1) is 13.7. The Labute approximate surface area is 167 Å². The fourth-order valence-electron chi connectivity index (χ4n) is 3.03.